The number of rotatable bonds is 5. The number of aryl methyl sites for hydroxylation is 1. The van der Waals surface area contributed by atoms with Gasteiger partial charge in [0.2, 0.25) is 0 Å². The van der Waals surface area contributed by atoms with Crippen molar-refractivity contribution < 1.29 is 9.59 Å². The molecule has 3 nitrogen and oxygen atoms in total. The molecule has 0 unspecified atom stereocenters. The highest BCUT2D eigenvalue weighted by Crippen LogP contribution is 2.19. The summed E-state index contributed by atoms with van der Waals surface area (Å²) >= 11 is 0. The van der Waals surface area contributed by atoms with Gasteiger partial charge in [-0.15, -0.1) is 0 Å². The van der Waals surface area contributed by atoms with E-state index in [0.717, 1.165) is 24.0 Å². The molecule has 1 aromatic carbocycles. The number of hydrogen-bond donors (Lipinski definition) is 0. The number of aliphatic imine (C=N–C) groups is 1. The first-order valence-electron chi connectivity index (χ1n) is 6.94. The first-order valence-corrected chi connectivity index (χ1v) is 6.94. The Morgan fingerprint density at radius 2 is 1.80 bits per heavy atom. The molecular weight excluding hydrogens is 250 g/mol. The van der Waals surface area contributed by atoms with Crippen LogP contribution in [0.3, 0.4) is 0 Å². The Balaban J connectivity index is 1.99. The zero-order valence-corrected chi connectivity index (χ0v) is 12.0. The number of hydrogen-bond acceptors (Lipinski definition) is 3. The number of ketones is 2. The summed E-state index contributed by atoms with van der Waals surface area (Å²) in [6.07, 6.45) is 4.04. The van der Waals surface area contributed by atoms with Gasteiger partial charge >= 0.3 is 0 Å². The number of allylic oxidation sites excluding steroid dienone is 2. The Kier molecular flexibility index (Phi) is 4.61. The Hall–Kier alpha value is -2.03. The van der Waals surface area contributed by atoms with Crippen molar-refractivity contribution in [2.24, 2.45) is 4.99 Å². The topological polar surface area (TPSA) is 46.5 Å². The summed E-state index contributed by atoms with van der Waals surface area (Å²) in [5.74, 6) is -0.00474. The van der Waals surface area contributed by atoms with E-state index in [0.29, 0.717) is 11.3 Å². The molecule has 0 bridgehead atoms. The van der Waals surface area contributed by atoms with Crippen molar-refractivity contribution in [2.45, 2.75) is 39.5 Å². The van der Waals surface area contributed by atoms with Gasteiger partial charge in [0.1, 0.15) is 5.70 Å². The van der Waals surface area contributed by atoms with Crippen molar-refractivity contribution in [1.82, 2.24) is 0 Å². The standard InChI is InChI=1S/C17H19NO2/c1-12-6-3-4-8-14(12)15(19)9-10-16(20)17-13(2)7-5-11-18-17/h3-4,6,8,11H,5,7,9-10H2,1-2H3. The van der Waals surface area contributed by atoms with E-state index in [1.165, 1.54) is 0 Å². The number of Topliss-reactive ketones (excluding diaryl/α,β-unsaturated/α-hetero) is 2. The largest absolute Gasteiger partial charge is 0.294 e. The van der Waals surface area contributed by atoms with E-state index in [2.05, 4.69) is 4.99 Å². The maximum Gasteiger partial charge on any atom is 0.181 e. The second-order valence-corrected chi connectivity index (χ2v) is 5.14. The minimum atomic E-state index is -0.0274. The summed E-state index contributed by atoms with van der Waals surface area (Å²) in [6, 6.07) is 7.47. The molecule has 1 aliphatic heterocycles. The fraction of sp³-hybridized carbons (Fsp3) is 0.353. The Morgan fingerprint density at radius 3 is 2.50 bits per heavy atom. The molecule has 1 aliphatic rings. The summed E-state index contributed by atoms with van der Waals surface area (Å²) in [7, 11) is 0. The molecule has 0 aliphatic carbocycles. The first kappa shape index (κ1) is 14.4. The molecule has 0 fully saturated rings. The quantitative estimate of drug-likeness (QED) is 0.766. The molecule has 2 rings (SSSR count). The van der Waals surface area contributed by atoms with E-state index in [9.17, 15) is 9.59 Å². The van der Waals surface area contributed by atoms with Gasteiger partial charge in [0.05, 0.1) is 0 Å². The van der Waals surface area contributed by atoms with Crippen molar-refractivity contribution in [2.75, 3.05) is 0 Å². The summed E-state index contributed by atoms with van der Waals surface area (Å²) < 4.78 is 0. The Morgan fingerprint density at radius 1 is 1.10 bits per heavy atom. The first-order chi connectivity index (χ1) is 9.59. The molecule has 0 saturated heterocycles. The molecule has 104 valence electrons. The van der Waals surface area contributed by atoms with E-state index < -0.39 is 0 Å². The molecule has 0 aromatic heterocycles. The second kappa shape index (κ2) is 6.42. The van der Waals surface area contributed by atoms with Crippen molar-refractivity contribution in [3.8, 4) is 0 Å². The normalized spacial score (nSPS) is 14.5. The lowest BCUT2D eigenvalue weighted by Crippen LogP contribution is -2.10. The third-order valence-corrected chi connectivity index (χ3v) is 3.56. The monoisotopic (exact) mass is 269 g/mol. The van der Waals surface area contributed by atoms with Crippen molar-refractivity contribution in [3.05, 3.63) is 46.7 Å². The summed E-state index contributed by atoms with van der Waals surface area (Å²) in [5.41, 5.74) is 3.24. The lowest BCUT2D eigenvalue weighted by molar-refractivity contribution is -0.115. The molecule has 0 radical (unpaired) electrons. The molecule has 0 amide bonds. The molecule has 3 heteroatoms. The number of benzene rings is 1. The molecule has 0 atom stereocenters. The van der Waals surface area contributed by atoms with Crippen molar-refractivity contribution >= 4 is 17.8 Å². The molecule has 20 heavy (non-hydrogen) atoms. The van der Waals surface area contributed by atoms with Gasteiger partial charge in [-0.3, -0.25) is 14.6 Å². The van der Waals surface area contributed by atoms with Crippen LogP contribution < -0.4 is 0 Å². The molecule has 0 spiro atoms. The zero-order valence-electron chi connectivity index (χ0n) is 12.0. The lowest BCUT2D eigenvalue weighted by Gasteiger charge is -2.10. The van der Waals surface area contributed by atoms with E-state index >= 15 is 0 Å². The molecular formula is C17H19NO2. The zero-order chi connectivity index (χ0) is 14.5. The van der Waals surface area contributed by atoms with Gasteiger partial charge in [-0.2, -0.15) is 0 Å². The van der Waals surface area contributed by atoms with Crippen LogP contribution >= 0.6 is 0 Å². The fourth-order valence-electron chi connectivity index (χ4n) is 2.34. The van der Waals surface area contributed by atoms with Crippen molar-refractivity contribution in [1.29, 1.82) is 0 Å². The van der Waals surface area contributed by atoms with Crippen LogP contribution in [0.25, 0.3) is 0 Å². The second-order valence-electron chi connectivity index (χ2n) is 5.14. The Bertz CT molecular complexity index is 597. The summed E-state index contributed by atoms with van der Waals surface area (Å²) in [5, 5.41) is 0. The minimum absolute atomic E-state index is 0.0227. The molecule has 1 aromatic rings. The highest BCUT2D eigenvalue weighted by atomic mass is 16.1. The van der Waals surface area contributed by atoms with Crippen LogP contribution in [0.4, 0.5) is 0 Å². The average Bonchev–Trinajstić information content (AvgIpc) is 2.45. The van der Waals surface area contributed by atoms with Gasteiger partial charge in [-0.25, -0.2) is 0 Å². The SMILES string of the molecule is CC1=C(C(=O)CCC(=O)c2ccccc2C)N=CCC1. The summed E-state index contributed by atoms with van der Waals surface area (Å²) in [6.45, 7) is 3.85. The Labute approximate surface area is 119 Å². The smallest absolute Gasteiger partial charge is 0.181 e. The lowest BCUT2D eigenvalue weighted by atomic mass is 9.98. The van der Waals surface area contributed by atoms with Crippen LogP contribution in [-0.2, 0) is 4.79 Å². The molecule has 0 saturated carbocycles. The van der Waals surface area contributed by atoms with Gasteiger partial charge in [0.25, 0.3) is 0 Å². The number of nitrogens with zero attached hydrogens (tertiary/aromatic N) is 1. The van der Waals surface area contributed by atoms with Crippen molar-refractivity contribution in [3.63, 3.8) is 0 Å². The number of carbonyl (C=O) groups excluding carboxylic acids is 2. The van der Waals surface area contributed by atoms with Gasteiger partial charge < -0.3 is 0 Å². The van der Waals surface area contributed by atoms with Gasteiger partial charge in [0, 0.05) is 24.6 Å². The maximum atomic E-state index is 12.1. The highest BCUT2D eigenvalue weighted by Gasteiger charge is 2.16. The van der Waals surface area contributed by atoms with E-state index in [1.807, 2.05) is 38.1 Å². The van der Waals surface area contributed by atoms with Crippen LogP contribution in [0.1, 0.15) is 48.5 Å². The van der Waals surface area contributed by atoms with Gasteiger partial charge in [-0.05, 0) is 37.8 Å². The molecule has 0 N–H and O–H groups in total. The maximum absolute atomic E-state index is 12.1. The van der Waals surface area contributed by atoms with Crippen LogP contribution in [0.2, 0.25) is 0 Å². The average molecular weight is 269 g/mol. The van der Waals surface area contributed by atoms with Crippen LogP contribution in [0, 0.1) is 6.92 Å². The molecule has 1 heterocycles. The van der Waals surface area contributed by atoms with E-state index in [1.54, 1.807) is 6.21 Å². The third kappa shape index (κ3) is 3.29. The van der Waals surface area contributed by atoms with Crippen LogP contribution in [-0.4, -0.2) is 17.8 Å². The van der Waals surface area contributed by atoms with E-state index in [-0.39, 0.29) is 24.4 Å². The van der Waals surface area contributed by atoms with Crippen LogP contribution in [0.15, 0.2) is 40.5 Å². The van der Waals surface area contributed by atoms with Gasteiger partial charge in [-0.1, -0.05) is 24.3 Å². The third-order valence-electron chi connectivity index (χ3n) is 3.56. The van der Waals surface area contributed by atoms with Crippen LogP contribution in [0.5, 0.6) is 0 Å². The minimum Gasteiger partial charge on any atom is -0.294 e. The summed E-state index contributed by atoms with van der Waals surface area (Å²) in [4.78, 5) is 28.4. The number of carbonyl (C=O) groups is 2. The predicted molar refractivity (Wildman–Crippen MR) is 80.2 cm³/mol. The predicted octanol–water partition coefficient (Wildman–Crippen LogP) is 3.67. The van der Waals surface area contributed by atoms with Gasteiger partial charge in [0.15, 0.2) is 11.6 Å². The fourth-order valence-corrected chi connectivity index (χ4v) is 2.34. The highest BCUT2D eigenvalue weighted by molar-refractivity contribution is 6.03. The van der Waals surface area contributed by atoms with E-state index in [4.69, 9.17) is 0 Å².